The standard InChI is InChI=1S/C18H20N6O/c1-12(19)11-24-22-18(21-23-24)14-4-7-16(8-5-14)25-17-9-6-15(10-20-17)13-2-3-13/h4-10,12-13H,2-3,11,19H2,1H3/t12-/m0/s1. The van der Waals surface area contributed by atoms with E-state index < -0.39 is 0 Å². The van der Waals surface area contributed by atoms with E-state index in [9.17, 15) is 0 Å². The zero-order valence-electron chi connectivity index (χ0n) is 14.0. The van der Waals surface area contributed by atoms with Gasteiger partial charge in [-0.1, -0.05) is 6.07 Å². The normalized spacial score (nSPS) is 15.1. The number of nitrogens with two attached hydrogens (primary N) is 1. The van der Waals surface area contributed by atoms with Crippen molar-refractivity contribution in [3.8, 4) is 23.0 Å². The van der Waals surface area contributed by atoms with Gasteiger partial charge in [-0.3, -0.25) is 0 Å². The number of nitrogens with zero attached hydrogens (tertiary/aromatic N) is 5. The van der Waals surface area contributed by atoms with Crippen LogP contribution in [0.5, 0.6) is 11.6 Å². The molecule has 0 saturated heterocycles. The molecule has 0 unspecified atom stereocenters. The van der Waals surface area contributed by atoms with Gasteiger partial charge in [0.1, 0.15) is 5.75 Å². The molecule has 3 aromatic rings. The Hall–Kier alpha value is -2.80. The van der Waals surface area contributed by atoms with Crippen molar-refractivity contribution < 1.29 is 4.74 Å². The molecule has 128 valence electrons. The van der Waals surface area contributed by atoms with Crippen molar-refractivity contribution in [2.45, 2.75) is 38.3 Å². The lowest BCUT2D eigenvalue weighted by Crippen LogP contribution is -2.23. The van der Waals surface area contributed by atoms with Crippen LogP contribution in [-0.2, 0) is 6.54 Å². The Bertz CT molecular complexity index is 837. The summed E-state index contributed by atoms with van der Waals surface area (Å²) in [7, 11) is 0. The highest BCUT2D eigenvalue weighted by Gasteiger charge is 2.23. The summed E-state index contributed by atoms with van der Waals surface area (Å²) in [5.41, 5.74) is 7.91. The minimum atomic E-state index is -0.0170. The second kappa shape index (κ2) is 6.60. The molecule has 0 radical (unpaired) electrons. The fourth-order valence-corrected chi connectivity index (χ4v) is 2.60. The number of rotatable bonds is 6. The first-order valence-electron chi connectivity index (χ1n) is 8.45. The predicted octanol–water partition coefficient (Wildman–Crippen LogP) is 2.75. The second-order valence-electron chi connectivity index (χ2n) is 6.48. The van der Waals surface area contributed by atoms with Gasteiger partial charge in [-0.15, -0.1) is 10.2 Å². The summed E-state index contributed by atoms with van der Waals surface area (Å²) in [5.74, 6) is 2.58. The van der Waals surface area contributed by atoms with Crippen molar-refractivity contribution >= 4 is 0 Å². The number of tetrazole rings is 1. The van der Waals surface area contributed by atoms with Crippen LogP contribution in [-0.4, -0.2) is 31.2 Å². The van der Waals surface area contributed by atoms with Gasteiger partial charge in [0.05, 0.1) is 6.54 Å². The molecule has 2 heterocycles. The first-order valence-corrected chi connectivity index (χ1v) is 8.45. The lowest BCUT2D eigenvalue weighted by atomic mass is 10.2. The molecule has 2 N–H and O–H groups in total. The van der Waals surface area contributed by atoms with Crippen molar-refractivity contribution in [2.24, 2.45) is 5.73 Å². The van der Waals surface area contributed by atoms with Gasteiger partial charge >= 0.3 is 0 Å². The van der Waals surface area contributed by atoms with E-state index in [4.69, 9.17) is 10.5 Å². The Balaban J connectivity index is 1.43. The Labute approximate surface area is 145 Å². The van der Waals surface area contributed by atoms with Crippen LogP contribution in [0.1, 0.15) is 31.2 Å². The summed E-state index contributed by atoms with van der Waals surface area (Å²) in [6.45, 7) is 2.44. The molecular weight excluding hydrogens is 316 g/mol. The molecule has 1 aromatic carbocycles. The molecule has 4 rings (SSSR count). The third-order valence-corrected chi connectivity index (χ3v) is 4.05. The van der Waals surface area contributed by atoms with Crippen molar-refractivity contribution in [3.63, 3.8) is 0 Å². The summed E-state index contributed by atoms with van der Waals surface area (Å²) < 4.78 is 5.79. The molecule has 1 aliphatic rings. The fourth-order valence-electron chi connectivity index (χ4n) is 2.60. The highest BCUT2D eigenvalue weighted by molar-refractivity contribution is 5.55. The summed E-state index contributed by atoms with van der Waals surface area (Å²) in [6.07, 6.45) is 4.44. The third-order valence-electron chi connectivity index (χ3n) is 4.05. The van der Waals surface area contributed by atoms with Crippen molar-refractivity contribution in [1.29, 1.82) is 0 Å². The van der Waals surface area contributed by atoms with Crippen molar-refractivity contribution in [2.75, 3.05) is 0 Å². The number of benzene rings is 1. The molecule has 0 aliphatic heterocycles. The number of hydrogen-bond donors (Lipinski definition) is 1. The third kappa shape index (κ3) is 3.83. The Kier molecular flexibility index (Phi) is 4.15. The van der Waals surface area contributed by atoms with E-state index in [1.807, 2.05) is 43.5 Å². The van der Waals surface area contributed by atoms with Crippen LogP contribution in [0.3, 0.4) is 0 Å². The van der Waals surface area contributed by atoms with Gasteiger partial charge < -0.3 is 10.5 Å². The topological polar surface area (TPSA) is 91.7 Å². The van der Waals surface area contributed by atoms with E-state index in [0.29, 0.717) is 24.2 Å². The second-order valence-corrected chi connectivity index (χ2v) is 6.48. The van der Waals surface area contributed by atoms with E-state index >= 15 is 0 Å². The SMILES string of the molecule is C[C@H](N)Cn1nnc(-c2ccc(Oc3ccc(C4CC4)cn3)cc2)n1. The smallest absolute Gasteiger partial charge is 0.219 e. The quantitative estimate of drug-likeness (QED) is 0.744. The number of ether oxygens (including phenoxy) is 1. The lowest BCUT2D eigenvalue weighted by Gasteiger charge is -2.06. The first kappa shape index (κ1) is 15.7. The highest BCUT2D eigenvalue weighted by atomic mass is 16.5. The molecule has 25 heavy (non-hydrogen) atoms. The molecule has 0 bridgehead atoms. The monoisotopic (exact) mass is 336 g/mol. The summed E-state index contributed by atoms with van der Waals surface area (Å²) in [4.78, 5) is 5.88. The summed E-state index contributed by atoms with van der Waals surface area (Å²) in [6, 6.07) is 11.5. The van der Waals surface area contributed by atoms with Crippen LogP contribution >= 0.6 is 0 Å². The minimum Gasteiger partial charge on any atom is -0.439 e. The van der Waals surface area contributed by atoms with E-state index in [2.05, 4.69) is 26.5 Å². The molecule has 1 saturated carbocycles. The molecule has 2 aromatic heterocycles. The zero-order valence-corrected chi connectivity index (χ0v) is 14.0. The van der Waals surface area contributed by atoms with E-state index in [1.165, 1.54) is 23.2 Å². The molecule has 0 amide bonds. The van der Waals surface area contributed by atoms with Gasteiger partial charge in [0.25, 0.3) is 0 Å². The number of hydrogen-bond acceptors (Lipinski definition) is 6. The number of aromatic nitrogens is 5. The van der Waals surface area contributed by atoms with Gasteiger partial charge in [-0.05, 0) is 60.7 Å². The van der Waals surface area contributed by atoms with E-state index in [-0.39, 0.29) is 6.04 Å². The molecule has 7 nitrogen and oxygen atoms in total. The maximum atomic E-state index is 5.79. The Morgan fingerprint density at radius 3 is 2.64 bits per heavy atom. The zero-order chi connectivity index (χ0) is 17.2. The van der Waals surface area contributed by atoms with Crippen LogP contribution in [0.2, 0.25) is 0 Å². The van der Waals surface area contributed by atoms with Crippen LogP contribution in [0.15, 0.2) is 42.6 Å². The average Bonchev–Trinajstić information content (AvgIpc) is 3.36. The summed E-state index contributed by atoms with van der Waals surface area (Å²) >= 11 is 0. The van der Waals surface area contributed by atoms with Crippen LogP contribution in [0.4, 0.5) is 0 Å². The van der Waals surface area contributed by atoms with Crippen molar-refractivity contribution in [3.05, 3.63) is 48.2 Å². The van der Waals surface area contributed by atoms with Gasteiger partial charge in [0.2, 0.25) is 11.7 Å². The largest absolute Gasteiger partial charge is 0.439 e. The van der Waals surface area contributed by atoms with E-state index in [0.717, 1.165) is 11.3 Å². The fraction of sp³-hybridized carbons (Fsp3) is 0.333. The van der Waals surface area contributed by atoms with Crippen LogP contribution < -0.4 is 10.5 Å². The molecule has 1 fully saturated rings. The summed E-state index contributed by atoms with van der Waals surface area (Å²) in [5, 5.41) is 12.4. The van der Waals surface area contributed by atoms with Crippen molar-refractivity contribution in [1.82, 2.24) is 25.2 Å². The lowest BCUT2D eigenvalue weighted by molar-refractivity contribution is 0.462. The van der Waals surface area contributed by atoms with Gasteiger partial charge in [-0.25, -0.2) is 4.98 Å². The molecule has 0 spiro atoms. The maximum absolute atomic E-state index is 5.79. The van der Waals surface area contributed by atoms with Crippen LogP contribution in [0, 0.1) is 0 Å². The highest BCUT2D eigenvalue weighted by Crippen LogP contribution is 2.40. The maximum Gasteiger partial charge on any atom is 0.219 e. The predicted molar refractivity (Wildman–Crippen MR) is 93.2 cm³/mol. The van der Waals surface area contributed by atoms with Gasteiger partial charge in [0.15, 0.2) is 0 Å². The van der Waals surface area contributed by atoms with Crippen LogP contribution in [0.25, 0.3) is 11.4 Å². The van der Waals surface area contributed by atoms with Gasteiger partial charge in [-0.2, -0.15) is 4.80 Å². The number of pyridine rings is 1. The molecule has 1 atom stereocenters. The minimum absolute atomic E-state index is 0.0170. The first-order chi connectivity index (χ1) is 12.2. The molecular formula is C18H20N6O. The Morgan fingerprint density at radius 1 is 1.20 bits per heavy atom. The average molecular weight is 336 g/mol. The van der Waals surface area contributed by atoms with Gasteiger partial charge in [0, 0.05) is 23.9 Å². The Morgan fingerprint density at radius 2 is 2.00 bits per heavy atom. The van der Waals surface area contributed by atoms with E-state index in [1.54, 1.807) is 0 Å². The molecule has 7 heteroatoms. The molecule has 1 aliphatic carbocycles.